The molecular formula is C68H128O6. The van der Waals surface area contributed by atoms with Crippen LogP contribution in [0, 0.1) is 0 Å². The Morgan fingerprint density at radius 2 is 0.446 bits per heavy atom. The van der Waals surface area contributed by atoms with Crippen LogP contribution in [0.25, 0.3) is 0 Å². The summed E-state index contributed by atoms with van der Waals surface area (Å²) in [6, 6.07) is 0. The Bertz CT molecular complexity index is 1190. The molecule has 1 atom stereocenters. The smallest absolute Gasteiger partial charge is 0.306 e. The minimum atomic E-state index is -0.771. The van der Waals surface area contributed by atoms with E-state index in [9.17, 15) is 14.4 Å². The summed E-state index contributed by atoms with van der Waals surface area (Å²) in [5.41, 5.74) is 0. The van der Waals surface area contributed by atoms with Gasteiger partial charge in [0.05, 0.1) is 0 Å². The minimum Gasteiger partial charge on any atom is -0.462 e. The molecule has 0 fully saturated rings. The molecule has 6 nitrogen and oxygen atoms in total. The number of unbranched alkanes of at least 4 members (excludes halogenated alkanes) is 47. The van der Waals surface area contributed by atoms with E-state index in [-0.39, 0.29) is 31.1 Å². The third kappa shape index (κ3) is 60.8. The van der Waals surface area contributed by atoms with Crippen molar-refractivity contribution in [3.8, 4) is 0 Å². The summed E-state index contributed by atoms with van der Waals surface area (Å²) < 4.78 is 16.9. The van der Waals surface area contributed by atoms with Crippen LogP contribution < -0.4 is 0 Å². The van der Waals surface area contributed by atoms with Crippen molar-refractivity contribution in [3.05, 3.63) is 24.3 Å². The SMILES string of the molecule is CCCCCC/C=C\CCCCCCCC(=O)OCC(COC(=O)CCCCCCCCCCCCCCC/C=C\CCCCCCCCCC)OC(=O)CCCCCCCCCCCCCCCCCCCC. The maximum Gasteiger partial charge on any atom is 0.306 e. The van der Waals surface area contributed by atoms with Crippen LogP contribution in [-0.4, -0.2) is 37.2 Å². The van der Waals surface area contributed by atoms with E-state index in [4.69, 9.17) is 14.2 Å². The van der Waals surface area contributed by atoms with Gasteiger partial charge in [-0.15, -0.1) is 0 Å². The molecule has 0 spiro atoms. The summed E-state index contributed by atoms with van der Waals surface area (Å²) in [6.07, 6.45) is 76.2. The van der Waals surface area contributed by atoms with Gasteiger partial charge in [0, 0.05) is 19.3 Å². The van der Waals surface area contributed by atoms with E-state index in [1.165, 1.54) is 270 Å². The fourth-order valence-electron chi connectivity index (χ4n) is 10.1. The number of carbonyl (C=O) groups excluding carboxylic acids is 3. The van der Waals surface area contributed by atoms with E-state index in [2.05, 4.69) is 45.1 Å². The van der Waals surface area contributed by atoms with Crippen LogP contribution in [0.5, 0.6) is 0 Å². The summed E-state index contributed by atoms with van der Waals surface area (Å²) in [5, 5.41) is 0. The van der Waals surface area contributed by atoms with Crippen LogP contribution in [0.15, 0.2) is 24.3 Å². The Kier molecular flexibility index (Phi) is 61.6. The molecule has 0 aromatic carbocycles. The quantitative estimate of drug-likeness (QED) is 0.0261. The first-order chi connectivity index (χ1) is 36.5. The average molecular weight is 1040 g/mol. The summed E-state index contributed by atoms with van der Waals surface area (Å²) in [6.45, 7) is 6.69. The van der Waals surface area contributed by atoms with Crippen LogP contribution in [0.2, 0.25) is 0 Å². The summed E-state index contributed by atoms with van der Waals surface area (Å²) >= 11 is 0. The van der Waals surface area contributed by atoms with Crippen molar-refractivity contribution >= 4 is 17.9 Å². The van der Waals surface area contributed by atoms with E-state index in [0.29, 0.717) is 19.3 Å². The standard InChI is InChI=1S/C68H128O6/c1-4-7-10-13-16-19-22-25-27-29-31-32-33-34-35-36-37-39-40-43-46-49-52-55-58-61-67(70)73-64-65(63-72-66(69)60-57-54-51-48-45-42-24-21-18-15-12-9-6-3)74-68(71)62-59-56-53-50-47-44-41-38-30-28-26-23-20-17-14-11-8-5-2/h21,24,29,31,65H,4-20,22-23,25-28,30,32-64H2,1-3H3/b24-21-,31-29-. The van der Waals surface area contributed by atoms with Gasteiger partial charge in [0.2, 0.25) is 0 Å². The molecular weight excluding hydrogens is 913 g/mol. The van der Waals surface area contributed by atoms with Crippen molar-refractivity contribution in [2.45, 2.75) is 380 Å². The molecule has 0 bridgehead atoms. The number of esters is 3. The molecule has 0 aromatic rings. The summed E-state index contributed by atoms with van der Waals surface area (Å²) in [7, 11) is 0. The van der Waals surface area contributed by atoms with Gasteiger partial charge in [-0.1, -0.05) is 308 Å². The highest BCUT2D eigenvalue weighted by atomic mass is 16.6. The highest BCUT2D eigenvalue weighted by Gasteiger charge is 2.19. The van der Waals surface area contributed by atoms with Crippen LogP contribution >= 0.6 is 0 Å². The molecule has 1 unspecified atom stereocenters. The topological polar surface area (TPSA) is 78.9 Å². The van der Waals surface area contributed by atoms with Gasteiger partial charge < -0.3 is 14.2 Å². The first kappa shape index (κ1) is 71.9. The third-order valence-corrected chi connectivity index (χ3v) is 15.2. The monoisotopic (exact) mass is 1040 g/mol. The molecule has 436 valence electrons. The van der Waals surface area contributed by atoms with E-state index in [0.717, 1.165) is 64.2 Å². The van der Waals surface area contributed by atoms with E-state index < -0.39 is 6.10 Å². The van der Waals surface area contributed by atoms with Gasteiger partial charge in [-0.05, 0) is 70.6 Å². The van der Waals surface area contributed by atoms with E-state index in [1.807, 2.05) is 0 Å². The molecule has 0 saturated heterocycles. The first-order valence-corrected chi connectivity index (χ1v) is 33.3. The zero-order valence-corrected chi connectivity index (χ0v) is 50.1. The van der Waals surface area contributed by atoms with Crippen LogP contribution in [-0.2, 0) is 28.6 Å². The molecule has 0 amide bonds. The van der Waals surface area contributed by atoms with Gasteiger partial charge in [0.1, 0.15) is 13.2 Å². The number of hydrogen-bond acceptors (Lipinski definition) is 6. The molecule has 0 rings (SSSR count). The maximum atomic E-state index is 12.9. The van der Waals surface area contributed by atoms with Gasteiger partial charge in [-0.25, -0.2) is 0 Å². The van der Waals surface area contributed by atoms with Crippen molar-refractivity contribution < 1.29 is 28.6 Å². The molecule has 6 heteroatoms. The number of carbonyl (C=O) groups is 3. The molecule has 0 saturated carbocycles. The normalized spacial score (nSPS) is 12.1. The predicted molar refractivity (Wildman–Crippen MR) is 321 cm³/mol. The van der Waals surface area contributed by atoms with Crippen LogP contribution in [0.1, 0.15) is 374 Å². The lowest BCUT2D eigenvalue weighted by Crippen LogP contribution is -2.30. The number of rotatable bonds is 62. The van der Waals surface area contributed by atoms with Crippen LogP contribution in [0.4, 0.5) is 0 Å². The molecule has 0 aliphatic heterocycles. The zero-order valence-electron chi connectivity index (χ0n) is 50.1. The molecule has 0 aliphatic carbocycles. The first-order valence-electron chi connectivity index (χ1n) is 33.3. The molecule has 0 N–H and O–H groups in total. The Labute approximate surface area is 462 Å². The Morgan fingerprint density at radius 1 is 0.257 bits per heavy atom. The molecule has 0 heterocycles. The van der Waals surface area contributed by atoms with Crippen molar-refractivity contribution in [2.75, 3.05) is 13.2 Å². The van der Waals surface area contributed by atoms with Crippen molar-refractivity contribution in [1.29, 1.82) is 0 Å². The van der Waals surface area contributed by atoms with Crippen molar-refractivity contribution in [3.63, 3.8) is 0 Å². The molecule has 0 radical (unpaired) electrons. The zero-order chi connectivity index (χ0) is 53.6. The largest absolute Gasteiger partial charge is 0.462 e. The third-order valence-electron chi connectivity index (χ3n) is 15.2. The van der Waals surface area contributed by atoms with Gasteiger partial charge in [0.15, 0.2) is 6.10 Å². The van der Waals surface area contributed by atoms with Crippen molar-refractivity contribution in [2.24, 2.45) is 0 Å². The van der Waals surface area contributed by atoms with Gasteiger partial charge in [-0.2, -0.15) is 0 Å². The van der Waals surface area contributed by atoms with Gasteiger partial charge >= 0.3 is 17.9 Å². The second-order valence-electron chi connectivity index (χ2n) is 22.7. The second kappa shape index (κ2) is 63.4. The Morgan fingerprint density at radius 3 is 0.689 bits per heavy atom. The summed E-state index contributed by atoms with van der Waals surface area (Å²) in [5.74, 6) is -0.850. The van der Waals surface area contributed by atoms with Gasteiger partial charge in [0.25, 0.3) is 0 Å². The van der Waals surface area contributed by atoms with E-state index >= 15 is 0 Å². The molecule has 0 aromatic heterocycles. The molecule has 0 aliphatic rings. The number of hydrogen-bond donors (Lipinski definition) is 0. The molecule has 74 heavy (non-hydrogen) atoms. The lowest BCUT2D eigenvalue weighted by molar-refractivity contribution is -0.167. The van der Waals surface area contributed by atoms with Crippen LogP contribution in [0.3, 0.4) is 0 Å². The highest BCUT2D eigenvalue weighted by molar-refractivity contribution is 5.71. The fraction of sp³-hybridized carbons (Fsp3) is 0.897. The fourth-order valence-corrected chi connectivity index (χ4v) is 10.1. The second-order valence-corrected chi connectivity index (χ2v) is 22.7. The minimum absolute atomic E-state index is 0.0685. The van der Waals surface area contributed by atoms with Gasteiger partial charge in [-0.3, -0.25) is 14.4 Å². The summed E-state index contributed by atoms with van der Waals surface area (Å²) in [4.78, 5) is 38.3. The van der Waals surface area contributed by atoms with E-state index in [1.54, 1.807) is 0 Å². The lowest BCUT2D eigenvalue weighted by atomic mass is 10.0. The predicted octanol–water partition coefficient (Wildman–Crippen LogP) is 22.6. The highest BCUT2D eigenvalue weighted by Crippen LogP contribution is 2.18. The lowest BCUT2D eigenvalue weighted by Gasteiger charge is -2.18. The number of allylic oxidation sites excluding steroid dienone is 4. The maximum absolute atomic E-state index is 12.9. The number of ether oxygens (including phenoxy) is 3. The Hall–Kier alpha value is -2.11. The van der Waals surface area contributed by atoms with Crippen molar-refractivity contribution in [1.82, 2.24) is 0 Å². The Balaban J connectivity index is 4.23. The average Bonchev–Trinajstić information content (AvgIpc) is 3.40.